The summed E-state index contributed by atoms with van der Waals surface area (Å²) in [6.45, 7) is 9.48. The Morgan fingerprint density at radius 1 is 0.435 bits per heavy atom. The maximum absolute atomic E-state index is 3.56. The maximum atomic E-state index is 3.56. The summed E-state index contributed by atoms with van der Waals surface area (Å²) in [7, 11) is 0. The Morgan fingerprint density at radius 3 is 1.55 bits per heavy atom. The van der Waals surface area contributed by atoms with Gasteiger partial charge in [-0.2, -0.15) is 0 Å². The summed E-state index contributed by atoms with van der Waals surface area (Å²) in [4.78, 5) is 2.47. The van der Waals surface area contributed by atoms with Crippen LogP contribution in [0.2, 0.25) is 0 Å². The second kappa shape index (κ2) is 13.4. The molecule has 0 bridgehead atoms. The number of nitrogens with zero attached hydrogens (tertiary/aromatic N) is 1. The predicted molar refractivity (Wildman–Crippen MR) is 258 cm³/mol. The minimum absolute atomic E-state index is 0.108. The average Bonchev–Trinajstić information content (AvgIpc) is 3.84. The van der Waals surface area contributed by atoms with Gasteiger partial charge in [-0.1, -0.05) is 173 Å². The van der Waals surface area contributed by atoms with Crippen LogP contribution in [0.25, 0.3) is 44.5 Å². The van der Waals surface area contributed by atoms with Crippen LogP contribution in [0.1, 0.15) is 79.5 Å². The summed E-state index contributed by atoms with van der Waals surface area (Å²) < 4.78 is 0. The number of anilines is 3. The first kappa shape index (κ1) is 36.7. The van der Waals surface area contributed by atoms with E-state index in [4.69, 9.17) is 0 Å². The first-order chi connectivity index (χ1) is 30.3. The standard InChI is InChI=1S/C61H47N/c1-59(2)53-24-14-11-21-47(53)50-34-32-45(38-57(50)59)62(46-33-35-51-48-22-12-15-25-54(48)60(3,4)58(51)39-46)44-30-27-40(28-31-44)41-29-36-56-52(37-41)49-23-13-16-26-55(49)61(56,42-17-7-5-8-18-42)43-19-9-6-10-20-43/h5,7,9,11-17,19-39H,6,10H2,1-4H3. The van der Waals surface area contributed by atoms with Crippen molar-refractivity contribution in [2.75, 3.05) is 4.90 Å². The first-order valence-corrected chi connectivity index (χ1v) is 22.2. The molecule has 0 heterocycles. The maximum Gasteiger partial charge on any atom is 0.0789 e. The lowest BCUT2D eigenvalue weighted by molar-refractivity contribution is 0.660. The highest BCUT2D eigenvalue weighted by Gasteiger charge is 2.47. The van der Waals surface area contributed by atoms with Crippen LogP contribution in [0, 0.1) is 12.1 Å². The molecule has 296 valence electrons. The lowest BCUT2D eigenvalue weighted by atomic mass is 9.66. The quantitative estimate of drug-likeness (QED) is 0.162. The molecule has 0 spiro atoms. The number of rotatable bonds is 6. The Morgan fingerprint density at radius 2 is 0.968 bits per heavy atom. The van der Waals surface area contributed by atoms with Crippen LogP contribution in [0.15, 0.2) is 194 Å². The molecule has 12 rings (SSSR count). The molecule has 0 fully saturated rings. The Bertz CT molecular complexity index is 3070. The second-order valence-electron chi connectivity index (χ2n) is 18.6. The molecule has 1 nitrogen and oxygen atoms in total. The van der Waals surface area contributed by atoms with E-state index in [0.29, 0.717) is 0 Å². The van der Waals surface area contributed by atoms with Crippen LogP contribution in [0.3, 0.4) is 0 Å². The zero-order valence-corrected chi connectivity index (χ0v) is 35.8. The molecule has 1 unspecified atom stereocenters. The fraction of sp³-hybridized carbons (Fsp3) is 0.148. The molecule has 4 aliphatic carbocycles. The number of fused-ring (bicyclic) bond motifs is 9. The van der Waals surface area contributed by atoms with Gasteiger partial charge in [0, 0.05) is 33.5 Å². The minimum atomic E-state index is -0.443. The predicted octanol–water partition coefficient (Wildman–Crippen LogP) is 15.6. The van der Waals surface area contributed by atoms with Gasteiger partial charge < -0.3 is 4.90 Å². The van der Waals surface area contributed by atoms with E-state index in [-0.39, 0.29) is 10.8 Å². The molecule has 1 heteroatoms. The normalized spacial score (nSPS) is 17.8. The van der Waals surface area contributed by atoms with Gasteiger partial charge in [-0.15, -0.1) is 0 Å². The van der Waals surface area contributed by atoms with Gasteiger partial charge in [0.15, 0.2) is 0 Å². The van der Waals surface area contributed by atoms with Gasteiger partial charge in [0.25, 0.3) is 0 Å². The Hall–Kier alpha value is -7.14. The van der Waals surface area contributed by atoms with Crippen molar-refractivity contribution < 1.29 is 0 Å². The summed E-state index contributed by atoms with van der Waals surface area (Å²) in [6.07, 6.45) is 9.22. The van der Waals surface area contributed by atoms with E-state index >= 15 is 0 Å². The summed E-state index contributed by atoms with van der Waals surface area (Å²) in [5, 5.41) is 0. The summed E-state index contributed by atoms with van der Waals surface area (Å²) in [5.74, 6) is 0. The largest absolute Gasteiger partial charge is 0.310 e. The third-order valence-corrected chi connectivity index (χ3v) is 14.6. The SMILES string of the molecule is CC1(C)c2ccccc2-c2ccc(N(c3ccc(-c4ccc5c(c4)-c4ccccc4C5(C4=CCCC=C4)c4c#cccc4)cc3)c3ccc4c(c3)C(C)(C)c3ccccc3-4)cc21. The Balaban J connectivity index is 0.986. The van der Waals surface area contributed by atoms with Crippen molar-refractivity contribution in [3.8, 4) is 44.5 Å². The van der Waals surface area contributed by atoms with E-state index in [1.165, 1.54) is 83.5 Å². The van der Waals surface area contributed by atoms with Crippen molar-refractivity contribution in [2.45, 2.75) is 56.8 Å². The number of hydrogen-bond acceptors (Lipinski definition) is 1. The molecule has 8 aromatic rings. The third kappa shape index (κ3) is 5.11. The minimum Gasteiger partial charge on any atom is -0.310 e. The molecule has 4 aliphatic rings. The van der Waals surface area contributed by atoms with E-state index in [9.17, 15) is 0 Å². The van der Waals surface area contributed by atoms with Gasteiger partial charge in [0.2, 0.25) is 0 Å². The van der Waals surface area contributed by atoms with Crippen LogP contribution in [-0.2, 0) is 16.2 Å². The Labute approximate surface area is 366 Å². The Kier molecular flexibility index (Phi) is 7.95. The zero-order chi connectivity index (χ0) is 41.8. The number of benzene rings is 7. The van der Waals surface area contributed by atoms with Gasteiger partial charge in [-0.05, 0) is 151 Å². The van der Waals surface area contributed by atoms with Crippen LogP contribution in [0.5, 0.6) is 0 Å². The molecular weight excluding hydrogens is 747 g/mol. The molecule has 0 saturated heterocycles. The second-order valence-corrected chi connectivity index (χ2v) is 18.6. The fourth-order valence-corrected chi connectivity index (χ4v) is 11.6. The molecule has 62 heavy (non-hydrogen) atoms. The van der Waals surface area contributed by atoms with E-state index in [1.54, 1.807) is 0 Å². The third-order valence-electron chi connectivity index (χ3n) is 14.6. The van der Waals surface area contributed by atoms with E-state index in [0.717, 1.165) is 35.5 Å². The summed E-state index contributed by atoms with van der Waals surface area (Å²) >= 11 is 0. The van der Waals surface area contributed by atoms with E-state index < -0.39 is 5.41 Å². The molecule has 0 amide bonds. The molecule has 8 aromatic carbocycles. The fourth-order valence-electron chi connectivity index (χ4n) is 11.6. The van der Waals surface area contributed by atoms with Gasteiger partial charge in [-0.25, -0.2) is 0 Å². The highest BCUT2D eigenvalue weighted by Crippen LogP contribution is 2.58. The molecule has 0 radical (unpaired) electrons. The van der Waals surface area contributed by atoms with Crippen LogP contribution < -0.4 is 4.90 Å². The number of allylic oxidation sites excluding steroid dienone is 4. The summed E-state index contributed by atoms with van der Waals surface area (Å²) in [5.41, 5.74) is 23.7. The van der Waals surface area contributed by atoms with E-state index in [2.05, 4.69) is 227 Å². The van der Waals surface area contributed by atoms with Gasteiger partial charge in [-0.3, -0.25) is 0 Å². The van der Waals surface area contributed by atoms with Crippen LogP contribution in [0.4, 0.5) is 17.1 Å². The molecule has 0 saturated carbocycles. The van der Waals surface area contributed by atoms with Crippen LogP contribution >= 0.6 is 0 Å². The molecule has 0 aromatic heterocycles. The molecule has 1 atom stereocenters. The lowest BCUT2D eigenvalue weighted by Gasteiger charge is -2.34. The van der Waals surface area contributed by atoms with Crippen molar-refractivity contribution in [2.24, 2.45) is 0 Å². The molecule has 0 aliphatic heterocycles. The zero-order valence-electron chi connectivity index (χ0n) is 35.8. The van der Waals surface area contributed by atoms with Crippen molar-refractivity contribution >= 4 is 17.1 Å². The van der Waals surface area contributed by atoms with Gasteiger partial charge >= 0.3 is 0 Å². The van der Waals surface area contributed by atoms with Crippen molar-refractivity contribution in [3.05, 3.63) is 245 Å². The van der Waals surface area contributed by atoms with Crippen LogP contribution in [-0.4, -0.2) is 0 Å². The van der Waals surface area contributed by atoms with Gasteiger partial charge in [0.05, 0.1) is 5.41 Å². The highest BCUT2D eigenvalue weighted by molar-refractivity contribution is 5.91. The monoisotopic (exact) mass is 793 g/mol. The summed E-state index contributed by atoms with van der Waals surface area (Å²) in [6, 6.07) is 70.5. The number of hydrogen-bond donors (Lipinski definition) is 0. The van der Waals surface area contributed by atoms with Crippen molar-refractivity contribution in [1.82, 2.24) is 0 Å². The van der Waals surface area contributed by atoms with Gasteiger partial charge in [0.1, 0.15) is 0 Å². The average molecular weight is 794 g/mol. The topological polar surface area (TPSA) is 3.24 Å². The van der Waals surface area contributed by atoms with E-state index in [1.807, 2.05) is 6.07 Å². The smallest absolute Gasteiger partial charge is 0.0789 e. The van der Waals surface area contributed by atoms with Crippen molar-refractivity contribution in [1.29, 1.82) is 0 Å². The highest BCUT2D eigenvalue weighted by atomic mass is 15.1. The first-order valence-electron chi connectivity index (χ1n) is 22.2. The molecular formula is C61H47N. The lowest BCUT2D eigenvalue weighted by Crippen LogP contribution is -2.29. The van der Waals surface area contributed by atoms with Crippen molar-refractivity contribution in [3.63, 3.8) is 0 Å². The molecule has 0 N–H and O–H groups in total.